The van der Waals surface area contributed by atoms with Gasteiger partial charge in [0.25, 0.3) is 0 Å². The molecule has 0 fully saturated rings. The van der Waals surface area contributed by atoms with Crippen LogP contribution in [-0.2, 0) is 10.3 Å². The van der Waals surface area contributed by atoms with Crippen LogP contribution in [0.1, 0.15) is 12.5 Å². The molecule has 3 N–H and O–H groups in total. The van der Waals surface area contributed by atoms with Crippen molar-refractivity contribution in [3.05, 3.63) is 65.2 Å². The molecule has 0 saturated carbocycles. The zero-order valence-corrected chi connectivity index (χ0v) is 11.3. The molecule has 2 rings (SSSR count). The molecule has 98 valence electrons. The minimum atomic E-state index is -1.11. The number of amides is 1. The highest BCUT2D eigenvalue weighted by molar-refractivity contribution is 6.33. The number of benzene rings is 2. The standard InChI is InChI=1S/C15H15ClN2O/c1-15(17,11-7-3-2-4-8-11)14(19)18-13-10-6-5-9-12(13)16/h2-10H,17H2,1H3,(H,18,19). The Morgan fingerprint density at radius 1 is 1.11 bits per heavy atom. The van der Waals surface area contributed by atoms with Crippen LogP contribution in [0.3, 0.4) is 0 Å². The topological polar surface area (TPSA) is 55.1 Å². The van der Waals surface area contributed by atoms with Crippen molar-refractivity contribution in [1.82, 2.24) is 0 Å². The number of carbonyl (C=O) groups is 1. The molecule has 1 atom stereocenters. The molecule has 0 spiro atoms. The molecule has 1 unspecified atom stereocenters. The summed E-state index contributed by atoms with van der Waals surface area (Å²) in [4.78, 5) is 12.3. The van der Waals surface area contributed by atoms with Crippen molar-refractivity contribution in [3.63, 3.8) is 0 Å². The Hall–Kier alpha value is -1.84. The molecule has 4 heteroatoms. The first-order valence-corrected chi connectivity index (χ1v) is 6.30. The molecule has 0 radical (unpaired) electrons. The molecule has 0 heterocycles. The van der Waals surface area contributed by atoms with E-state index in [2.05, 4.69) is 5.32 Å². The minimum absolute atomic E-state index is 0.299. The van der Waals surface area contributed by atoms with Crippen molar-refractivity contribution < 1.29 is 4.79 Å². The summed E-state index contributed by atoms with van der Waals surface area (Å²) >= 11 is 6.01. The fourth-order valence-corrected chi connectivity index (χ4v) is 1.91. The molecule has 3 nitrogen and oxygen atoms in total. The number of hydrogen-bond acceptors (Lipinski definition) is 2. The maximum absolute atomic E-state index is 12.3. The Labute approximate surface area is 117 Å². The summed E-state index contributed by atoms with van der Waals surface area (Å²) in [6, 6.07) is 16.3. The maximum atomic E-state index is 12.3. The molecule has 2 aromatic rings. The van der Waals surface area contributed by atoms with Crippen LogP contribution in [0, 0.1) is 0 Å². The third kappa shape index (κ3) is 2.95. The molecule has 0 saturated heterocycles. The minimum Gasteiger partial charge on any atom is -0.323 e. The normalized spacial score (nSPS) is 13.6. The lowest BCUT2D eigenvalue weighted by Crippen LogP contribution is -2.45. The molecule has 1 amide bonds. The van der Waals surface area contributed by atoms with Crippen LogP contribution >= 0.6 is 11.6 Å². The van der Waals surface area contributed by atoms with Gasteiger partial charge in [0.05, 0.1) is 10.7 Å². The van der Waals surface area contributed by atoms with Gasteiger partial charge in [-0.3, -0.25) is 4.79 Å². The van der Waals surface area contributed by atoms with Gasteiger partial charge in [0.15, 0.2) is 0 Å². The third-order valence-corrected chi connectivity index (χ3v) is 3.30. The van der Waals surface area contributed by atoms with E-state index >= 15 is 0 Å². The van der Waals surface area contributed by atoms with Gasteiger partial charge in [-0.1, -0.05) is 54.1 Å². The molecule has 2 aromatic carbocycles. The number of nitrogens with two attached hydrogens (primary N) is 1. The van der Waals surface area contributed by atoms with Crippen LogP contribution in [0.15, 0.2) is 54.6 Å². The quantitative estimate of drug-likeness (QED) is 0.903. The number of hydrogen-bond donors (Lipinski definition) is 2. The van der Waals surface area contributed by atoms with Gasteiger partial charge in [-0.05, 0) is 24.6 Å². The predicted octanol–water partition coefficient (Wildman–Crippen LogP) is 3.15. The number of rotatable bonds is 3. The monoisotopic (exact) mass is 274 g/mol. The van der Waals surface area contributed by atoms with Crippen LogP contribution in [0.5, 0.6) is 0 Å². The van der Waals surface area contributed by atoms with E-state index in [0.717, 1.165) is 5.56 Å². The second-order valence-electron chi connectivity index (χ2n) is 4.50. The summed E-state index contributed by atoms with van der Waals surface area (Å²) in [5.74, 6) is -0.299. The smallest absolute Gasteiger partial charge is 0.248 e. The van der Waals surface area contributed by atoms with Crippen LogP contribution in [0.25, 0.3) is 0 Å². The number of halogens is 1. The second-order valence-corrected chi connectivity index (χ2v) is 4.91. The van der Waals surface area contributed by atoms with E-state index in [1.54, 1.807) is 31.2 Å². The molecular formula is C15H15ClN2O. The van der Waals surface area contributed by atoms with Crippen molar-refractivity contribution >= 4 is 23.2 Å². The highest BCUT2D eigenvalue weighted by Crippen LogP contribution is 2.24. The third-order valence-electron chi connectivity index (χ3n) is 2.97. The predicted molar refractivity (Wildman–Crippen MR) is 78.1 cm³/mol. The van der Waals surface area contributed by atoms with E-state index in [1.807, 2.05) is 30.3 Å². The molecule has 0 aliphatic carbocycles. The molecular weight excluding hydrogens is 260 g/mol. The number of para-hydroxylation sites is 1. The van der Waals surface area contributed by atoms with E-state index in [4.69, 9.17) is 17.3 Å². The average Bonchev–Trinajstić information content (AvgIpc) is 2.42. The lowest BCUT2D eigenvalue weighted by atomic mass is 9.92. The largest absolute Gasteiger partial charge is 0.323 e. The van der Waals surface area contributed by atoms with Crippen molar-refractivity contribution in [2.24, 2.45) is 5.73 Å². The SMILES string of the molecule is CC(N)(C(=O)Nc1ccccc1Cl)c1ccccc1. The number of nitrogens with one attached hydrogen (secondary N) is 1. The van der Waals surface area contributed by atoms with E-state index < -0.39 is 5.54 Å². The molecule has 0 aliphatic heterocycles. The summed E-state index contributed by atoms with van der Waals surface area (Å²) in [5.41, 5.74) is 6.32. The van der Waals surface area contributed by atoms with Gasteiger partial charge in [-0.15, -0.1) is 0 Å². The first-order valence-electron chi connectivity index (χ1n) is 5.92. The Kier molecular flexibility index (Phi) is 3.88. The summed E-state index contributed by atoms with van der Waals surface area (Å²) in [7, 11) is 0. The Morgan fingerprint density at radius 3 is 2.32 bits per heavy atom. The van der Waals surface area contributed by atoms with Crippen LogP contribution in [0.4, 0.5) is 5.69 Å². The van der Waals surface area contributed by atoms with E-state index in [9.17, 15) is 4.79 Å². The highest BCUT2D eigenvalue weighted by Gasteiger charge is 2.30. The lowest BCUT2D eigenvalue weighted by molar-refractivity contribution is -0.120. The highest BCUT2D eigenvalue weighted by atomic mass is 35.5. The van der Waals surface area contributed by atoms with Gasteiger partial charge >= 0.3 is 0 Å². The van der Waals surface area contributed by atoms with Crippen molar-refractivity contribution in [1.29, 1.82) is 0 Å². The molecule has 19 heavy (non-hydrogen) atoms. The van der Waals surface area contributed by atoms with Crippen LogP contribution in [-0.4, -0.2) is 5.91 Å². The van der Waals surface area contributed by atoms with E-state index in [1.165, 1.54) is 0 Å². The fourth-order valence-electron chi connectivity index (χ4n) is 1.73. The van der Waals surface area contributed by atoms with Gasteiger partial charge in [-0.2, -0.15) is 0 Å². The van der Waals surface area contributed by atoms with Gasteiger partial charge in [0, 0.05) is 0 Å². The van der Waals surface area contributed by atoms with Gasteiger partial charge in [0.1, 0.15) is 5.54 Å². The zero-order chi connectivity index (χ0) is 13.9. The molecule has 0 aliphatic rings. The lowest BCUT2D eigenvalue weighted by Gasteiger charge is -2.24. The Bertz CT molecular complexity index is 582. The summed E-state index contributed by atoms with van der Waals surface area (Å²) < 4.78 is 0. The second kappa shape index (κ2) is 5.43. The first kappa shape index (κ1) is 13.6. The van der Waals surface area contributed by atoms with Crippen molar-refractivity contribution in [2.45, 2.75) is 12.5 Å². The summed E-state index contributed by atoms with van der Waals surface area (Å²) in [6.07, 6.45) is 0. The first-order chi connectivity index (χ1) is 9.01. The van der Waals surface area contributed by atoms with Gasteiger partial charge in [0.2, 0.25) is 5.91 Å². The van der Waals surface area contributed by atoms with Crippen molar-refractivity contribution in [2.75, 3.05) is 5.32 Å². The average molecular weight is 275 g/mol. The maximum Gasteiger partial charge on any atom is 0.248 e. The Balaban J connectivity index is 2.23. The van der Waals surface area contributed by atoms with Crippen LogP contribution in [0.2, 0.25) is 5.02 Å². The summed E-state index contributed by atoms with van der Waals surface area (Å²) in [5, 5.41) is 3.24. The van der Waals surface area contributed by atoms with Crippen LogP contribution < -0.4 is 11.1 Å². The van der Waals surface area contributed by atoms with E-state index in [0.29, 0.717) is 10.7 Å². The Morgan fingerprint density at radius 2 is 1.68 bits per heavy atom. The van der Waals surface area contributed by atoms with Gasteiger partial charge < -0.3 is 11.1 Å². The molecule has 0 bridgehead atoms. The molecule has 0 aromatic heterocycles. The number of anilines is 1. The van der Waals surface area contributed by atoms with Gasteiger partial charge in [-0.25, -0.2) is 0 Å². The van der Waals surface area contributed by atoms with E-state index in [-0.39, 0.29) is 5.91 Å². The van der Waals surface area contributed by atoms with Crippen molar-refractivity contribution in [3.8, 4) is 0 Å². The zero-order valence-electron chi connectivity index (χ0n) is 10.6. The fraction of sp³-hybridized carbons (Fsp3) is 0.133. The number of carbonyl (C=O) groups excluding carboxylic acids is 1. The summed E-state index contributed by atoms with van der Waals surface area (Å²) in [6.45, 7) is 1.68.